The highest BCUT2D eigenvalue weighted by Gasteiger charge is 2.21. The minimum atomic E-state index is -0.538. The summed E-state index contributed by atoms with van der Waals surface area (Å²) in [5.74, 6) is -0.291. The van der Waals surface area contributed by atoms with Gasteiger partial charge in [0.25, 0.3) is 11.6 Å². The minimum Gasteiger partial charge on any atom is -0.484 e. The van der Waals surface area contributed by atoms with Gasteiger partial charge in [-0.15, -0.1) is 0 Å². The number of nitrogens with zero attached hydrogens (tertiary/aromatic N) is 2. The zero-order valence-corrected chi connectivity index (χ0v) is 10.6. The van der Waals surface area contributed by atoms with Crippen LogP contribution in [0.3, 0.4) is 0 Å². The van der Waals surface area contributed by atoms with Crippen molar-refractivity contribution >= 4 is 17.5 Å². The van der Waals surface area contributed by atoms with Crippen molar-refractivity contribution < 1.29 is 19.2 Å². The first kappa shape index (κ1) is 13.8. The van der Waals surface area contributed by atoms with E-state index in [4.69, 9.17) is 4.74 Å². The monoisotopic (exact) mass is 279 g/mol. The molecule has 1 aliphatic rings. The topological polar surface area (TPSA) is 102 Å². The maximum absolute atomic E-state index is 11.8. The van der Waals surface area contributed by atoms with Gasteiger partial charge in [-0.1, -0.05) is 6.07 Å². The number of carbonyl (C=O) groups excluding carboxylic acids is 2. The molecule has 0 aromatic heterocycles. The van der Waals surface area contributed by atoms with E-state index in [9.17, 15) is 19.7 Å². The molecule has 1 aliphatic heterocycles. The number of hydrogen-bond donors (Lipinski definition) is 1. The van der Waals surface area contributed by atoms with Crippen LogP contribution in [0.15, 0.2) is 24.3 Å². The number of carbonyl (C=O) groups is 2. The molecule has 0 aliphatic carbocycles. The molecule has 1 heterocycles. The third-order valence-corrected chi connectivity index (χ3v) is 2.78. The SMILES string of the molecule is O=C1CN(C(=O)COc2cccc([N+](=O)[O-])c2)CCN1. The summed E-state index contributed by atoms with van der Waals surface area (Å²) >= 11 is 0. The van der Waals surface area contributed by atoms with Gasteiger partial charge in [0.1, 0.15) is 5.75 Å². The van der Waals surface area contributed by atoms with E-state index in [1.54, 1.807) is 0 Å². The van der Waals surface area contributed by atoms with Gasteiger partial charge in [0, 0.05) is 19.2 Å². The number of non-ortho nitro benzene ring substituents is 1. The molecular weight excluding hydrogens is 266 g/mol. The highest BCUT2D eigenvalue weighted by molar-refractivity contribution is 5.86. The minimum absolute atomic E-state index is 0.0110. The second-order valence-electron chi connectivity index (χ2n) is 4.21. The number of hydrogen-bond acceptors (Lipinski definition) is 5. The predicted molar refractivity (Wildman–Crippen MR) is 68.2 cm³/mol. The van der Waals surface area contributed by atoms with E-state index in [0.717, 1.165) is 0 Å². The third-order valence-electron chi connectivity index (χ3n) is 2.78. The maximum Gasteiger partial charge on any atom is 0.273 e. The Morgan fingerprint density at radius 2 is 2.30 bits per heavy atom. The van der Waals surface area contributed by atoms with E-state index in [1.807, 2.05) is 0 Å². The molecule has 0 atom stereocenters. The van der Waals surface area contributed by atoms with Crippen LogP contribution in [0.1, 0.15) is 0 Å². The van der Waals surface area contributed by atoms with Crippen molar-refractivity contribution in [2.75, 3.05) is 26.2 Å². The molecule has 0 spiro atoms. The van der Waals surface area contributed by atoms with Gasteiger partial charge < -0.3 is 15.0 Å². The molecule has 1 saturated heterocycles. The molecule has 0 unspecified atom stereocenters. The fourth-order valence-electron chi connectivity index (χ4n) is 1.77. The molecule has 2 rings (SSSR count). The van der Waals surface area contributed by atoms with Crippen LogP contribution in [-0.2, 0) is 9.59 Å². The van der Waals surface area contributed by atoms with Gasteiger partial charge in [0.05, 0.1) is 17.5 Å². The van der Waals surface area contributed by atoms with Gasteiger partial charge in [-0.25, -0.2) is 0 Å². The number of ether oxygens (including phenoxy) is 1. The lowest BCUT2D eigenvalue weighted by Gasteiger charge is -2.26. The van der Waals surface area contributed by atoms with E-state index in [1.165, 1.54) is 29.2 Å². The standard InChI is InChI=1S/C12H13N3O5/c16-11-7-14(5-4-13-11)12(17)8-20-10-3-1-2-9(6-10)15(18)19/h1-3,6H,4-5,7-8H2,(H,13,16). The molecule has 2 amide bonds. The van der Waals surface area contributed by atoms with E-state index in [0.29, 0.717) is 13.1 Å². The van der Waals surface area contributed by atoms with Gasteiger partial charge in [-0.2, -0.15) is 0 Å². The Bertz CT molecular complexity index is 546. The van der Waals surface area contributed by atoms with Crippen molar-refractivity contribution in [2.24, 2.45) is 0 Å². The molecule has 1 fully saturated rings. The Labute approximate surface area is 114 Å². The summed E-state index contributed by atoms with van der Waals surface area (Å²) < 4.78 is 5.22. The van der Waals surface area contributed by atoms with Crippen LogP contribution >= 0.6 is 0 Å². The number of amides is 2. The number of nitro groups is 1. The summed E-state index contributed by atoms with van der Waals surface area (Å²) in [7, 11) is 0. The Kier molecular flexibility index (Phi) is 4.14. The number of piperazine rings is 1. The van der Waals surface area contributed by atoms with E-state index in [2.05, 4.69) is 5.32 Å². The summed E-state index contributed by atoms with van der Waals surface area (Å²) in [6, 6.07) is 5.59. The average molecular weight is 279 g/mol. The van der Waals surface area contributed by atoms with Crippen LogP contribution in [0.2, 0.25) is 0 Å². The number of benzene rings is 1. The second kappa shape index (κ2) is 6.00. The van der Waals surface area contributed by atoms with Gasteiger partial charge in [-0.05, 0) is 6.07 Å². The zero-order chi connectivity index (χ0) is 14.5. The number of rotatable bonds is 4. The van der Waals surface area contributed by atoms with E-state index in [-0.39, 0.29) is 36.4 Å². The first-order chi connectivity index (χ1) is 9.56. The number of nitro benzene ring substituents is 1. The molecule has 1 aromatic rings. The molecular formula is C12H13N3O5. The largest absolute Gasteiger partial charge is 0.484 e. The van der Waals surface area contributed by atoms with Crippen LogP contribution in [-0.4, -0.2) is 47.9 Å². The van der Waals surface area contributed by atoms with Crippen molar-refractivity contribution in [3.05, 3.63) is 34.4 Å². The maximum atomic E-state index is 11.8. The van der Waals surface area contributed by atoms with Crippen molar-refractivity contribution in [3.8, 4) is 5.75 Å². The molecule has 20 heavy (non-hydrogen) atoms. The second-order valence-corrected chi connectivity index (χ2v) is 4.21. The third kappa shape index (κ3) is 3.44. The van der Waals surface area contributed by atoms with Gasteiger partial charge in [-0.3, -0.25) is 19.7 Å². The molecule has 0 radical (unpaired) electrons. The molecule has 0 saturated carbocycles. The van der Waals surface area contributed by atoms with E-state index >= 15 is 0 Å². The van der Waals surface area contributed by atoms with Crippen molar-refractivity contribution in [2.45, 2.75) is 0 Å². The molecule has 8 nitrogen and oxygen atoms in total. The molecule has 8 heteroatoms. The predicted octanol–water partition coefficient (Wildman–Crippen LogP) is -0.0680. The lowest BCUT2D eigenvalue weighted by Crippen LogP contribution is -2.51. The van der Waals surface area contributed by atoms with Crippen molar-refractivity contribution in [1.82, 2.24) is 10.2 Å². The first-order valence-electron chi connectivity index (χ1n) is 5.98. The molecule has 0 bridgehead atoms. The van der Waals surface area contributed by atoms with Crippen LogP contribution in [0.25, 0.3) is 0 Å². The summed E-state index contributed by atoms with van der Waals surface area (Å²) in [6.45, 7) is 0.607. The van der Waals surface area contributed by atoms with Gasteiger partial charge in [0.15, 0.2) is 6.61 Å². The van der Waals surface area contributed by atoms with Crippen LogP contribution < -0.4 is 10.1 Å². The Balaban J connectivity index is 1.91. The average Bonchev–Trinajstić information content (AvgIpc) is 2.45. The van der Waals surface area contributed by atoms with Crippen LogP contribution in [0.4, 0.5) is 5.69 Å². The van der Waals surface area contributed by atoms with E-state index < -0.39 is 4.92 Å². The van der Waals surface area contributed by atoms with Crippen LogP contribution in [0.5, 0.6) is 5.75 Å². The molecule has 1 N–H and O–H groups in total. The summed E-state index contributed by atoms with van der Waals surface area (Å²) in [4.78, 5) is 34.4. The van der Waals surface area contributed by atoms with Gasteiger partial charge in [0.2, 0.25) is 5.91 Å². The Hall–Kier alpha value is -2.64. The number of nitrogens with one attached hydrogen (secondary N) is 1. The normalized spacial score (nSPS) is 14.6. The zero-order valence-electron chi connectivity index (χ0n) is 10.6. The summed E-state index contributed by atoms with van der Waals surface area (Å²) in [6.07, 6.45) is 0. The fraction of sp³-hybridized carbons (Fsp3) is 0.333. The highest BCUT2D eigenvalue weighted by Crippen LogP contribution is 2.19. The molecule has 106 valence electrons. The summed E-state index contributed by atoms with van der Waals surface area (Å²) in [5, 5.41) is 13.2. The first-order valence-corrected chi connectivity index (χ1v) is 5.98. The lowest BCUT2D eigenvalue weighted by molar-refractivity contribution is -0.384. The lowest BCUT2D eigenvalue weighted by atomic mass is 10.3. The van der Waals surface area contributed by atoms with Crippen molar-refractivity contribution in [3.63, 3.8) is 0 Å². The fourth-order valence-corrected chi connectivity index (χ4v) is 1.77. The molecule has 1 aromatic carbocycles. The van der Waals surface area contributed by atoms with Gasteiger partial charge >= 0.3 is 0 Å². The van der Waals surface area contributed by atoms with Crippen LogP contribution in [0, 0.1) is 10.1 Å². The van der Waals surface area contributed by atoms with Crippen molar-refractivity contribution in [1.29, 1.82) is 0 Å². The smallest absolute Gasteiger partial charge is 0.273 e. The summed E-state index contributed by atoms with van der Waals surface area (Å²) in [5.41, 5.74) is -0.104. The quantitative estimate of drug-likeness (QED) is 0.614. The Morgan fingerprint density at radius 3 is 3.00 bits per heavy atom. The Morgan fingerprint density at radius 1 is 1.50 bits per heavy atom. The highest BCUT2D eigenvalue weighted by atomic mass is 16.6.